The minimum absolute atomic E-state index is 0.181. The molecule has 0 spiro atoms. The first-order valence-electron chi connectivity index (χ1n) is 3.04. The molecule has 0 aromatic heterocycles. The fourth-order valence-corrected chi connectivity index (χ4v) is 0.216. The third-order valence-corrected chi connectivity index (χ3v) is 0.621. The van der Waals surface area contributed by atoms with Gasteiger partial charge in [0, 0.05) is 5.57 Å². The summed E-state index contributed by atoms with van der Waals surface area (Å²) >= 11 is 0. The van der Waals surface area contributed by atoms with Crippen LogP contribution in [0.1, 0.15) is 6.92 Å². The summed E-state index contributed by atoms with van der Waals surface area (Å²) in [4.78, 5) is 19.5. The lowest BCUT2D eigenvalue weighted by atomic mass is 10.3. The van der Waals surface area contributed by atoms with Gasteiger partial charge in [-0.15, -0.1) is 0 Å². The second kappa shape index (κ2) is 7.33. The number of carbonyl (C=O) groups excluding carboxylic acids is 2. The van der Waals surface area contributed by atoms with Gasteiger partial charge in [0.1, 0.15) is 0 Å². The van der Waals surface area contributed by atoms with Crippen LogP contribution in [0.25, 0.3) is 0 Å². The van der Waals surface area contributed by atoms with E-state index in [9.17, 15) is 4.79 Å². The number of nitrogens with one attached hydrogen (secondary N) is 1. The Balaban J connectivity index is 0. The lowest BCUT2D eigenvalue weighted by Crippen LogP contribution is -2.18. The van der Waals surface area contributed by atoms with E-state index in [0.29, 0.717) is 5.57 Å². The van der Waals surface area contributed by atoms with E-state index in [4.69, 9.17) is 4.79 Å². The van der Waals surface area contributed by atoms with Crippen LogP contribution in [-0.2, 0) is 4.79 Å². The largest absolute Gasteiger partial charge is 0.352 e. The van der Waals surface area contributed by atoms with Crippen molar-refractivity contribution in [3.05, 3.63) is 24.9 Å². The van der Waals surface area contributed by atoms with Gasteiger partial charge in [-0.3, -0.25) is 4.79 Å². The van der Waals surface area contributed by atoms with Gasteiger partial charge in [-0.05, 0) is 13.1 Å². The highest BCUT2D eigenvalue weighted by molar-refractivity contribution is 5.92. The number of carbonyl (C=O) groups is 2. The van der Waals surface area contributed by atoms with Crippen LogP contribution < -0.4 is 16.8 Å². The maximum Gasteiger partial charge on any atom is 0.309 e. The third kappa shape index (κ3) is 15.7. The second-order valence-electron chi connectivity index (χ2n) is 1.86. The smallest absolute Gasteiger partial charge is 0.309 e. The van der Waals surface area contributed by atoms with E-state index in [2.05, 4.69) is 29.9 Å². The van der Waals surface area contributed by atoms with E-state index in [1.54, 1.807) is 6.92 Å². The zero-order valence-electron chi connectivity index (χ0n) is 6.96. The predicted octanol–water partition coefficient (Wildman–Crippen LogP) is -0.154. The summed E-state index contributed by atoms with van der Waals surface area (Å²) in [5, 5.41) is 2.37. The zero-order valence-corrected chi connectivity index (χ0v) is 6.96. The molecule has 0 aliphatic heterocycles. The van der Waals surface area contributed by atoms with Crippen molar-refractivity contribution >= 4 is 11.9 Å². The van der Waals surface area contributed by atoms with Gasteiger partial charge in [0.25, 0.3) is 0 Å². The van der Waals surface area contributed by atoms with Crippen molar-refractivity contribution < 1.29 is 9.59 Å². The molecule has 0 saturated carbocycles. The summed E-state index contributed by atoms with van der Waals surface area (Å²) in [6, 6.07) is -0.833. The Bertz CT molecular complexity index is 195. The number of rotatable bonds is 2. The molecule has 5 heteroatoms. The molecule has 0 aromatic rings. The summed E-state index contributed by atoms with van der Waals surface area (Å²) in [5.41, 5.74) is 8.99. The summed E-state index contributed by atoms with van der Waals surface area (Å²) in [6.07, 6.45) is 1.33. The molecule has 0 unspecified atom stereocenters. The Morgan fingerprint density at radius 3 is 1.83 bits per heavy atom. The summed E-state index contributed by atoms with van der Waals surface area (Å²) in [6.45, 7) is 8.36. The molecular formula is C7H13N3O2. The predicted molar refractivity (Wildman–Crippen MR) is 46.9 cm³/mol. The van der Waals surface area contributed by atoms with Crippen molar-refractivity contribution in [2.45, 2.75) is 6.92 Å². The second-order valence-corrected chi connectivity index (χ2v) is 1.86. The van der Waals surface area contributed by atoms with E-state index in [0.717, 1.165) is 0 Å². The van der Waals surface area contributed by atoms with Crippen molar-refractivity contribution in [2.24, 2.45) is 11.5 Å². The van der Waals surface area contributed by atoms with E-state index in [-0.39, 0.29) is 5.91 Å². The number of primary amides is 2. The zero-order chi connectivity index (χ0) is 10.1. The van der Waals surface area contributed by atoms with Gasteiger partial charge in [-0.2, -0.15) is 0 Å². The minimum Gasteiger partial charge on any atom is -0.352 e. The van der Waals surface area contributed by atoms with Crippen molar-refractivity contribution in [2.75, 3.05) is 0 Å². The SMILES string of the molecule is C=CNC(=O)C(=C)C.NC(N)=O. The van der Waals surface area contributed by atoms with Crippen LogP contribution in [0.4, 0.5) is 4.79 Å². The Kier molecular flexibility index (Phi) is 7.85. The van der Waals surface area contributed by atoms with Gasteiger partial charge in [0.05, 0.1) is 0 Å². The maximum absolute atomic E-state index is 10.5. The van der Waals surface area contributed by atoms with Gasteiger partial charge in [0.15, 0.2) is 0 Å². The molecule has 12 heavy (non-hydrogen) atoms. The van der Waals surface area contributed by atoms with Gasteiger partial charge in [-0.1, -0.05) is 13.2 Å². The van der Waals surface area contributed by atoms with Gasteiger partial charge in [-0.25, -0.2) is 4.79 Å². The molecule has 0 bridgehead atoms. The van der Waals surface area contributed by atoms with Crippen LogP contribution in [0.2, 0.25) is 0 Å². The fourth-order valence-electron chi connectivity index (χ4n) is 0.216. The average molecular weight is 171 g/mol. The standard InChI is InChI=1S/C6H9NO.CH4N2O/c1-4-7-6(8)5(2)3;2-1(3)4/h4H,1-2H2,3H3,(H,7,8);(H4,2,3,4). The quantitative estimate of drug-likeness (QED) is 0.503. The van der Waals surface area contributed by atoms with Gasteiger partial charge >= 0.3 is 6.03 Å². The molecule has 0 aromatic carbocycles. The van der Waals surface area contributed by atoms with Crippen molar-refractivity contribution in [3.8, 4) is 0 Å². The van der Waals surface area contributed by atoms with Gasteiger partial charge < -0.3 is 16.8 Å². The molecule has 5 N–H and O–H groups in total. The van der Waals surface area contributed by atoms with E-state index >= 15 is 0 Å². The lowest BCUT2D eigenvalue weighted by Gasteiger charge is -1.93. The summed E-state index contributed by atoms with van der Waals surface area (Å²) < 4.78 is 0. The highest BCUT2D eigenvalue weighted by atomic mass is 16.2. The molecule has 3 amide bonds. The van der Waals surface area contributed by atoms with Crippen LogP contribution in [0.15, 0.2) is 24.9 Å². The number of hydrogen-bond donors (Lipinski definition) is 3. The molecule has 68 valence electrons. The summed E-state index contributed by atoms with van der Waals surface area (Å²) in [5.74, 6) is -0.181. The molecule has 0 aliphatic rings. The Morgan fingerprint density at radius 1 is 1.42 bits per heavy atom. The monoisotopic (exact) mass is 171 g/mol. The molecule has 0 heterocycles. The van der Waals surface area contributed by atoms with Crippen LogP contribution in [0.3, 0.4) is 0 Å². The highest BCUT2D eigenvalue weighted by Gasteiger charge is 1.93. The minimum atomic E-state index is -0.833. The number of hydrogen-bond acceptors (Lipinski definition) is 2. The van der Waals surface area contributed by atoms with Crippen LogP contribution >= 0.6 is 0 Å². The molecule has 0 aliphatic carbocycles. The van der Waals surface area contributed by atoms with Gasteiger partial charge in [0.2, 0.25) is 5.91 Å². The van der Waals surface area contributed by atoms with Crippen molar-refractivity contribution in [1.82, 2.24) is 5.32 Å². The van der Waals surface area contributed by atoms with Crippen LogP contribution in [0, 0.1) is 0 Å². The Hall–Kier alpha value is -1.78. The molecule has 0 radical (unpaired) electrons. The molecular weight excluding hydrogens is 158 g/mol. The number of amides is 3. The molecule has 0 fully saturated rings. The summed E-state index contributed by atoms with van der Waals surface area (Å²) in [7, 11) is 0. The third-order valence-electron chi connectivity index (χ3n) is 0.621. The number of nitrogens with two attached hydrogens (primary N) is 2. The first kappa shape index (κ1) is 12.9. The topological polar surface area (TPSA) is 98.2 Å². The van der Waals surface area contributed by atoms with Crippen molar-refractivity contribution in [3.63, 3.8) is 0 Å². The van der Waals surface area contributed by atoms with Crippen LogP contribution in [0.5, 0.6) is 0 Å². The molecule has 0 saturated heterocycles. The Labute approximate surface area is 71.1 Å². The first-order chi connectivity index (χ1) is 5.41. The highest BCUT2D eigenvalue weighted by Crippen LogP contribution is 1.83. The molecule has 5 nitrogen and oxygen atoms in total. The first-order valence-corrected chi connectivity index (χ1v) is 3.04. The normalized spacial score (nSPS) is 7.08. The lowest BCUT2D eigenvalue weighted by molar-refractivity contribution is -0.116. The number of urea groups is 1. The van der Waals surface area contributed by atoms with E-state index in [1.165, 1.54) is 6.20 Å². The van der Waals surface area contributed by atoms with Crippen molar-refractivity contribution in [1.29, 1.82) is 0 Å². The molecule has 0 rings (SSSR count). The fraction of sp³-hybridized carbons (Fsp3) is 0.143. The van der Waals surface area contributed by atoms with E-state index in [1.807, 2.05) is 0 Å². The average Bonchev–Trinajstić information content (AvgIpc) is 1.86. The maximum atomic E-state index is 10.5. The van der Waals surface area contributed by atoms with E-state index < -0.39 is 6.03 Å². The Morgan fingerprint density at radius 2 is 1.75 bits per heavy atom. The van der Waals surface area contributed by atoms with Crippen LogP contribution in [-0.4, -0.2) is 11.9 Å². The molecule has 0 atom stereocenters.